The summed E-state index contributed by atoms with van der Waals surface area (Å²) in [5.41, 5.74) is 1.17. The van der Waals surface area contributed by atoms with Gasteiger partial charge in [0.05, 0.1) is 6.61 Å². The van der Waals surface area contributed by atoms with Crippen LogP contribution in [0, 0.1) is 0 Å². The third-order valence-corrected chi connectivity index (χ3v) is 1.89. The molecule has 0 amide bonds. The summed E-state index contributed by atoms with van der Waals surface area (Å²) < 4.78 is 5.61. The first-order chi connectivity index (χ1) is 6.88. The Bertz CT molecular complexity index is 287. The van der Waals surface area contributed by atoms with Gasteiger partial charge in [0.2, 0.25) is 0 Å². The molecular formula is C13H16O. The van der Waals surface area contributed by atoms with Crippen LogP contribution in [0.2, 0.25) is 0 Å². The van der Waals surface area contributed by atoms with Crippen LogP contribution in [0.1, 0.15) is 18.6 Å². The minimum atomic E-state index is 0.0409. The van der Waals surface area contributed by atoms with Crippen LogP contribution in [0.4, 0.5) is 0 Å². The molecule has 0 aliphatic rings. The van der Waals surface area contributed by atoms with Gasteiger partial charge in [-0.25, -0.2) is 0 Å². The second-order valence-corrected chi connectivity index (χ2v) is 2.98. The van der Waals surface area contributed by atoms with Crippen LogP contribution in [0.25, 0.3) is 0 Å². The summed E-state index contributed by atoms with van der Waals surface area (Å²) in [5.74, 6) is 0. The minimum Gasteiger partial charge on any atom is -0.365 e. The van der Waals surface area contributed by atoms with Crippen molar-refractivity contribution in [3.05, 3.63) is 60.7 Å². The first-order valence-corrected chi connectivity index (χ1v) is 4.78. The van der Waals surface area contributed by atoms with Crippen LogP contribution >= 0.6 is 0 Å². The summed E-state index contributed by atoms with van der Waals surface area (Å²) in [6.45, 7) is 6.20. The summed E-state index contributed by atoms with van der Waals surface area (Å²) in [6, 6.07) is 10.2. The first kappa shape index (κ1) is 10.7. The van der Waals surface area contributed by atoms with Gasteiger partial charge in [-0.15, -0.1) is 6.58 Å². The fourth-order valence-corrected chi connectivity index (χ4v) is 1.25. The highest BCUT2D eigenvalue weighted by Crippen LogP contribution is 2.18. The number of hydrogen-bond donors (Lipinski definition) is 0. The quantitative estimate of drug-likeness (QED) is 0.642. The molecule has 0 heterocycles. The van der Waals surface area contributed by atoms with Gasteiger partial charge in [0.1, 0.15) is 6.10 Å². The molecule has 74 valence electrons. The number of ether oxygens (including phenoxy) is 1. The highest BCUT2D eigenvalue weighted by molar-refractivity contribution is 5.21. The molecule has 0 aromatic heterocycles. The second kappa shape index (κ2) is 6.17. The zero-order chi connectivity index (χ0) is 10.2. The monoisotopic (exact) mass is 188 g/mol. The van der Waals surface area contributed by atoms with Gasteiger partial charge in [-0.05, 0) is 12.5 Å². The molecule has 14 heavy (non-hydrogen) atoms. The molecule has 1 unspecified atom stereocenters. The number of rotatable bonds is 5. The standard InChI is InChI=1S/C13H16O/c1-3-8-13(14-11-4-2)12-9-6-5-7-10-12/h3-10,13H,2,11H2,1H3/b8-3+. The number of allylic oxidation sites excluding steroid dienone is 1. The van der Waals surface area contributed by atoms with Crippen molar-refractivity contribution in [1.29, 1.82) is 0 Å². The molecule has 1 heteroatoms. The van der Waals surface area contributed by atoms with Gasteiger partial charge in [0.25, 0.3) is 0 Å². The molecule has 0 saturated carbocycles. The van der Waals surface area contributed by atoms with Crippen LogP contribution in [-0.2, 0) is 4.74 Å². The van der Waals surface area contributed by atoms with E-state index in [1.807, 2.05) is 37.3 Å². The Kier molecular flexibility index (Phi) is 4.73. The van der Waals surface area contributed by atoms with Crippen LogP contribution in [0.5, 0.6) is 0 Å². The van der Waals surface area contributed by atoms with E-state index in [1.165, 1.54) is 5.56 Å². The molecule has 0 saturated heterocycles. The molecule has 1 nitrogen and oxygen atoms in total. The average molecular weight is 188 g/mol. The van der Waals surface area contributed by atoms with Crippen molar-refractivity contribution >= 4 is 0 Å². The molecule has 1 rings (SSSR count). The number of benzene rings is 1. The van der Waals surface area contributed by atoms with Crippen molar-refractivity contribution in [3.63, 3.8) is 0 Å². The van der Waals surface area contributed by atoms with E-state index in [-0.39, 0.29) is 6.10 Å². The third-order valence-electron chi connectivity index (χ3n) is 1.89. The SMILES string of the molecule is C=CCOC(/C=C/C)c1ccccc1. The van der Waals surface area contributed by atoms with Crippen molar-refractivity contribution in [2.75, 3.05) is 6.61 Å². The predicted octanol–water partition coefficient (Wildman–Crippen LogP) is 3.51. The maximum Gasteiger partial charge on any atom is 0.101 e. The van der Waals surface area contributed by atoms with Gasteiger partial charge in [-0.2, -0.15) is 0 Å². The lowest BCUT2D eigenvalue weighted by Crippen LogP contribution is -2.01. The Morgan fingerprint density at radius 1 is 1.36 bits per heavy atom. The van der Waals surface area contributed by atoms with E-state index >= 15 is 0 Å². The highest BCUT2D eigenvalue weighted by atomic mass is 16.5. The third kappa shape index (κ3) is 3.19. The summed E-state index contributed by atoms with van der Waals surface area (Å²) in [5, 5.41) is 0. The topological polar surface area (TPSA) is 9.23 Å². The molecule has 0 aliphatic carbocycles. The average Bonchev–Trinajstić information content (AvgIpc) is 2.25. The van der Waals surface area contributed by atoms with Gasteiger partial charge >= 0.3 is 0 Å². The second-order valence-electron chi connectivity index (χ2n) is 2.98. The summed E-state index contributed by atoms with van der Waals surface area (Å²) in [4.78, 5) is 0. The lowest BCUT2D eigenvalue weighted by Gasteiger charge is -2.12. The summed E-state index contributed by atoms with van der Waals surface area (Å²) >= 11 is 0. The fourth-order valence-electron chi connectivity index (χ4n) is 1.25. The van der Waals surface area contributed by atoms with E-state index in [4.69, 9.17) is 4.74 Å². The van der Waals surface area contributed by atoms with Gasteiger partial charge in [0, 0.05) is 0 Å². The summed E-state index contributed by atoms with van der Waals surface area (Å²) in [7, 11) is 0. The normalized spacial score (nSPS) is 12.9. The molecule has 0 bridgehead atoms. The fraction of sp³-hybridized carbons (Fsp3) is 0.231. The van der Waals surface area contributed by atoms with Crippen LogP contribution < -0.4 is 0 Å². The van der Waals surface area contributed by atoms with Crippen molar-refractivity contribution in [2.45, 2.75) is 13.0 Å². The van der Waals surface area contributed by atoms with Crippen LogP contribution in [-0.4, -0.2) is 6.61 Å². The highest BCUT2D eigenvalue weighted by Gasteiger charge is 2.05. The predicted molar refractivity (Wildman–Crippen MR) is 60.1 cm³/mol. The van der Waals surface area contributed by atoms with E-state index in [1.54, 1.807) is 6.08 Å². The Morgan fingerprint density at radius 3 is 2.64 bits per heavy atom. The lowest BCUT2D eigenvalue weighted by atomic mass is 10.1. The van der Waals surface area contributed by atoms with E-state index in [9.17, 15) is 0 Å². The van der Waals surface area contributed by atoms with Crippen molar-refractivity contribution < 1.29 is 4.74 Å². The Morgan fingerprint density at radius 2 is 2.07 bits per heavy atom. The largest absolute Gasteiger partial charge is 0.365 e. The number of hydrogen-bond acceptors (Lipinski definition) is 1. The smallest absolute Gasteiger partial charge is 0.101 e. The van der Waals surface area contributed by atoms with E-state index < -0.39 is 0 Å². The molecule has 1 aromatic rings. The zero-order valence-electron chi connectivity index (χ0n) is 8.52. The maximum absolute atomic E-state index is 5.61. The van der Waals surface area contributed by atoms with Crippen molar-refractivity contribution in [3.8, 4) is 0 Å². The molecule has 1 aromatic carbocycles. The Labute approximate surface area is 85.7 Å². The lowest BCUT2D eigenvalue weighted by molar-refractivity contribution is 0.110. The molecule has 0 aliphatic heterocycles. The Hall–Kier alpha value is -1.34. The molecule has 0 spiro atoms. The summed E-state index contributed by atoms with van der Waals surface area (Å²) in [6.07, 6.45) is 5.85. The molecule has 0 fully saturated rings. The van der Waals surface area contributed by atoms with Crippen LogP contribution in [0.3, 0.4) is 0 Å². The zero-order valence-corrected chi connectivity index (χ0v) is 8.52. The van der Waals surface area contributed by atoms with Crippen LogP contribution in [0.15, 0.2) is 55.1 Å². The van der Waals surface area contributed by atoms with Gasteiger partial charge < -0.3 is 4.74 Å². The van der Waals surface area contributed by atoms with Crippen molar-refractivity contribution in [2.24, 2.45) is 0 Å². The van der Waals surface area contributed by atoms with E-state index in [0.29, 0.717) is 6.61 Å². The molecule has 0 N–H and O–H groups in total. The van der Waals surface area contributed by atoms with E-state index in [0.717, 1.165) is 0 Å². The molecular weight excluding hydrogens is 172 g/mol. The first-order valence-electron chi connectivity index (χ1n) is 4.78. The minimum absolute atomic E-state index is 0.0409. The van der Waals surface area contributed by atoms with Gasteiger partial charge in [-0.1, -0.05) is 48.6 Å². The Balaban J connectivity index is 2.72. The van der Waals surface area contributed by atoms with Gasteiger partial charge in [0.15, 0.2) is 0 Å². The van der Waals surface area contributed by atoms with E-state index in [2.05, 4.69) is 18.7 Å². The molecule has 1 atom stereocenters. The molecule has 0 radical (unpaired) electrons. The maximum atomic E-state index is 5.61. The van der Waals surface area contributed by atoms with Gasteiger partial charge in [-0.3, -0.25) is 0 Å². The van der Waals surface area contributed by atoms with Crippen molar-refractivity contribution in [1.82, 2.24) is 0 Å².